The van der Waals surface area contributed by atoms with Gasteiger partial charge in [0, 0.05) is 25.2 Å². The molecule has 2 N–H and O–H groups in total. The summed E-state index contributed by atoms with van der Waals surface area (Å²) in [6, 6.07) is 6.39. The van der Waals surface area contributed by atoms with Gasteiger partial charge >= 0.3 is 0 Å². The summed E-state index contributed by atoms with van der Waals surface area (Å²) in [4.78, 5) is 2.30. The first-order chi connectivity index (χ1) is 10.1. The van der Waals surface area contributed by atoms with Gasteiger partial charge in [-0.25, -0.2) is 0 Å². The van der Waals surface area contributed by atoms with Crippen molar-refractivity contribution in [3.05, 3.63) is 23.8 Å². The van der Waals surface area contributed by atoms with Crippen LogP contribution in [0.25, 0.3) is 0 Å². The highest BCUT2D eigenvalue weighted by molar-refractivity contribution is 5.44. The van der Waals surface area contributed by atoms with Crippen molar-refractivity contribution in [2.45, 2.75) is 31.5 Å². The van der Waals surface area contributed by atoms with Gasteiger partial charge in [-0.1, -0.05) is 6.07 Å². The molecule has 0 aliphatic carbocycles. The Morgan fingerprint density at radius 2 is 2.00 bits per heavy atom. The van der Waals surface area contributed by atoms with Crippen LogP contribution in [0.5, 0.6) is 11.5 Å². The molecule has 5 nitrogen and oxygen atoms in total. The Kier molecular flexibility index (Phi) is 4.33. The van der Waals surface area contributed by atoms with Gasteiger partial charge in [0.15, 0.2) is 11.5 Å². The second-order valence-electron chi connectivity index (χ2n) is 5.88. The average Bonchev–Trinajstić information content (AvgIpc) is 2.93. The van der Waals surface area contributed by atoms with Crippen LogP contribution in [0.4, 0.5) is 0 Å². The molecule has 0 radical (unpaired) electrons. The third-order valence-electron chi connectivity index (χ3n) is 4.38. The molecule has 21 heavy (non-hydrogen) atoms. The Morgan fingerprint density at radius 1 is 1.24 bits per heavy atom. The summed E-state index contributed by atoms with van der Waals surface area (Å²) in [5.74, 6) is 1.61. The topological polar surface area (TPSA) is 57.0 Å². The van der Waals surface area contributed by atoms with E-state index in [1.165, 1.54) is 0 Å². The van der Waals surface area contributed by atoms with E-state index >= 15 is 0 Å². The third kappa shape index (κ3) is 3.15. The number of fused-ring (bicyclic) bond motifs is 1. The summed E-state index contributed by atoms with van der Waals surface area (Å²) in [7, 11) is 2.12. The molecular weight excluding hydrogens is 268 g/mol. The Bertz CT molecular complexity index is 494. The second-order valence-corrected chi connectivity index (χ2v) is 5.88. The molecule has 1 aromatic carbocycles. The monoisotopic (exact) mass is 292 g/mol. The van der Waals surface area contributed by atoms with Crippen molar-refractivity contribution >= 4 is 0 Å². The Balaban J connectivity index is 1.66. The maximum atomic E-state index is 6.36. The number of nitrogens with two attached hydrogens (primary N) is 1. The van der Waals surface area contributed by atoms with Crippen molar-refractivity contribution < 1.29 is 14.2 Å². The zero-order chi connectivity index (χ0) is 14.8. The molecule has 116 valence electrons. The highest BCUT2D eigenvalue weighted by atomic mass is 16.6. The normalized spacial score (nSPS) is 26.1. The fourth-order valence-electron chi connectivity index (χ4n) is 3.14. The minimum Gasteiger partial charge on any atom is -0.486 e. The first-order valence-electron chi connectivity index (χ1n) is 7.62. The van der Waals surface area contributed by atoms with E-state index in [-0.39, 0.29) is 12.1 Å². The summed E-state index contributed by atoms with van der Waals surface area (Å²) in [5, 5.41) is 0. The molecule has 2 heterocycles. The molecule has 1 saturated heterocycles. The van der Waals surface area contributed by atoms with Crippen LogP contribution < -0.4 is 15.2 Å². The molecule has 0 bridgehead atoms. The quantitative estimate of drug-likeness (QED) is 0.913. The highest BCUT2D eigenvalue weighted by Crippen LogP contribution is 2.32. The van der Waals surface area contributed by atoms with Crippen LogP contribution in [-0.4, -0.2) is 50.5 Å². The fourth-order valence-corrected chi connectivity index (χ4v) is 3.14. The van der Waals surface area contributed by atoms with Crippen LogP contribution in [0, 0.1) is 0 Å². The maximum absolute atomic E-state index is 6.36. The smallest absolute Gasteiger partial charge is 0.161 e. The summed E-state index contributed by atoms with van der Waals surface area (Å²) in [5.41, 5.74) is 7.44. The van der Waals surface area contributed by atoms with Crippen molar-refractivity contribution in [2.24, 2.45) is 5.73 Å². The molecule has 3 unspecified atom stereocenters. The number of rotatable bonds is 4. The summed E-state index contributed by atoms with van der Waals surface area (Å²) < 4.78 is 16.8. The van der Waals surface area contributed by atoms with Gasteiger partial charge in [-0.3, -0.25) is 4.90 Å². The van der Waals surface area contributed by atoms with Gasteiger partial charge < -0.3 is 19.9 Å². The predicted molar refractivity (Wildman–Crippen MR) is 80.8 cm³/mol. The zero-order valence-corrected chi connectivity index (χ0v) is 12.7. The number of likely N-dealkylation sites (N-methyl/N-ethyl adjacent to an activating group) is 1. The van der Waals surface area contributed by atoms with Gasteiger partial charge in [0.05, 0.1) is 6.10 Å². The van der Waals surface area contributed by atoms with E-state index in [2.05, 4.69) is 18.9 Å². The highest BCUT2D eigenvalue weighted by Gasteiger charge is 2.28. The van der Waals surface area contributed by atoms with Crippen LogP contribution in [0.3, 0.4) is 0 Å². The third-order valence-corrected chi connectivity index (χ3v) is 4.38. The van der Waals surface area contributed by atoms with Gasteiger partial charge in [0.25, 0.3) is 0 Å². The van der Waals surface area contributed by atoms with Crippen LogP contribution in [0.2, 0.25) is 0 Å². The van der Waals surface area contributed by atoms with Gasteiger partial charge in [-0.15, -0.1) is 0 Å². The molecule has 0 saturated carbocycles. The molecule has 3 rings (SSSR count). The van der Waals surface area contributed by atoms with Crippen molar-refractivity contribution in [1.29, 1.82) is 0 Å². The van der Waals surface area contributed by atoms with E-state index in [0.29, 0.717) is 19.3 Å². The van der Waals surface area contributed by atoms with Crippen LogP contribution in [0.1, 0.15) is 24.9 Å². The fraction of sp³-hybridized carbons (Fsp3) is 0.625. The molecule has 0 aromatic heterocycles. The summed E-state index contributed by atoms with van der Waals surface area (Å²) in [6.45, 7) is 4.99. The van der Waals surface area contributed by atoms with E-state index in [1.807, 2.05) is 18.2 Å². The molecule has 3 atom stereocenters. The lowest BCUT2D eigenvalue weighted by atomic mass is 10.0. The molecule has 5 heteroatoms. The van der Waals surface area contributed by atoms with Gasteiger partial charge in [0.1, 0.15) is 13.2 Å². The molecular formula is C16H24N2O3. The average molecular weight is 292 g/mol. The molecule has 2 aliphatic heterocycles. The second kappa shape index (κ2) is 6.22. The van der Waals surface area contributed by atoms with E-state index in [4.69, 9.17) is 19.9 Å². The predicted octanol–water partition coefficient (Wildman–Crippen LogP) is 1.57. The zero-order valence-electron chi connectivity index (χ0n) is 12.7. The van der Waals surface area contributed by atoms with Gasteiger partial charge in [-0.05, 0) is 38.1 Å². The Hall–Kier alpha value is -1.30. The number of nitrogens with zero attached hydrogens (tertiary/aromatic N) is 1. The lowest BCUT2D eigenvalue weighted by molar-refractivity contribution is 0.0817. The molecule has 0 spiro atoms. The van der Waals surface area contributed by atoms with Crippen LogP contribution in [-0.2, 0) is 4.74 Å². The molecule has 1 aromatic rings. The summed E-state index contributed by atoms with van der Waals surface area (Å²) in [6.07, 6.45) is 1.35. The van der Waals surface area contributed by atoms with Crippen LogP contribution >= 0.6 is 0 Å². The first-order valence-corrected chi connectivity index (χ1v) is 7.62. The van der Waals surface area contributed by atoms with Crippen LogP contribution in [0.15, 0.2) is 18.2 Å². The van der Waals surface area contributed by atoms with Crippen molar-refractivity contribution in [3.63, 3.8) is 0 Å². The lowest BCUT2D eigenvalue weighted by Crippen LogP contribution is -2.40. The molecule has 0 amide bonds. The number of hydrogen-bond acceptors (Lipinski definition) is 5. The number of ether oxygens (including phenoxy) is 3. The molecule has 2 aliphatic rings. The standard InChI is InChI=1S/C16H24N2O3/c1-11-14(5-6-19-11)18(2)10-13(17)12-3-4-15-16(9-12)21-8-7-20-15/h3-4,9,11,13-14H,5-8,10,17H2,1-2H3. The Morgan fingerprint density at radius 3 is 2.71 bits per heavy atom. The minimum atomic E-state index is -0.0429. The SMILES string of the molecule is CC1OCCC1N(C)CC(N)c1ccc2c(c1)OCCO2. The van der Waals surface area contributed by atoms with Gasteiger partial charge in [-0.2, -0.15) is 0 Å². The van der Waals surface area contributed by atoms with Crippen molar-refractivity contribution in [2.75, 3.05) is 33.4 Å². The minimum absolute atomic E-state index is 0.0429. The van der Waals surface area contributed by atoms with E-state index < -0.39 is 0 Å². The lowest BCUT2D eigenvalue weighted by Gasteiger charge is -2.29. The van der Waals surface area contributed by atoms with E-state index in [1.54, 1.807) is 0 Å². The number of hydrogen-bond donors (Lipinski definition) is 1. The van der Waals surface area contributed by atoms with Gasteiger partial charge in [0.2, 0.25) is 0 Å². The number of benzene rings is 1. The first kappa shape index (κ1) is 14.6. The molecule has 1 fully saturated rings. The van der Waals surface area contributed by atoms with E-state index in [9.17, 15) is 0 Å². The largest absolute Gasteiger partial charge is 0.486 e. The van der Waals surface area contributed by atoms with Crippen molar-refractivity contribution in [1.82, 2.24) is 4.90 Å². The summed E-state index contributed by atoms with van der Waals surface area (Å²) >= 11 is 0. The Labute approximate surface area is 126 Å². The van der Waals surface area contributed by atoms with E-state index in [0.717, 1.165) is 36.6 Å². The maximum Gasteiger partial charge on any atom is 0.161 e. The van der Waals surface area contributed by atoms with Crippen molar-refractivity contribution in [3.8, 4) is 11.5 Å².